The molecule has 0 aliphatic rings. The third kappa shape index (κ3) is 3.96. The molecule has 3 rings (SSSR count). The minimum Gasteiger partial charge on any atom is -0.508 e. The molecule has 0 aliphatic carbocycles. The molecule has 0 bridgehead atoms. The molecule has 24 heavy (non-hydrogen) atoms. The van der Waals surface area contributed by atoms with Crippen molar-refractivity contribution >= 4 is 0 Å². The van der Waals surface area contributed by atoms with Gasteiger partial charge in [0.15, 0.2) is 5.82 Å². The molecule has 1 atom stereocenters. The van der Waals surface area contributed by atoms with Crippen LogP contribution in [0.3, 0.4) is 0 Å². The third-order valence-corrected chi connectivity index (χ3v) is 3.90. The van der Waals surface area contributed by atoms with E-state index in [-0.39, 0.29) is 5.75 Å². The molecule has 0 saturated carbocycles. The quantitative estimate of drug-likeness (QED) is 0.733. The lowest BCUT2D eigenvalue weighted by Gasteiger charge is -2.06. The van der Waals surface area contributed by atoms with Crippen molar-refractivity contribution in [1.82, 2.24) is 9.97 Å². The van der Waals surface area contributed by atoms with Crippen LogP contribution in [0.25, 0.3) is 22.5 Å². The summed E-state index contributed by atoms with van der Waals surface area (Å²) in [5.41, 5.74) is 3.90. The second kappa shape index (κ2) is 7.21. The number of phenolic OH excluding ortho intramolecular Hbond substituents is 1. The van der Waals surface area contributed by atoms with E-state index in [2.05, 4.69) is 9.97 Å². The van der Waals surface area contributed by atoms with E-state index in [0.29, 0.717) is 12.2 Å². The normalized spacial score (nSPS) is 12.1. The molecule has 1 heterocycles. The van der Waals surface area contributed by atoms with Crippen LogP contribution < -0.4 is 0 Å². The summed E-state index contributed by atoms with van der Waals surface area (Å²) in [6, 6.07) is 14.9. The van der Waals surface area contributed by atoms with Crippen LogP contribution in [0.5, 0.6) is 5.75 Å². The lowest BCUT2D eigenvalue weighted by atomic mass is 10.1. The van der Waals surface area contributed by atoms with Crippen LogP contribution in [-0.4, -0.2) is 21.2 Å². The van der Waals surface area contributed by atoms with E-state index in [4.69, 9.17) is 0 Å². The van der Waals surface area contributed by atoms with Crippen LogP contribution in [-0.2, 0) is 6.42 Å². The van der Waals surface area contributed by atoms with E-state index < -0.39 is 6.17 Å². The minimum absolute atomic E-state index is 0.235. The summed E-state index contributed by atoms with van der Waals surface area (Å²) in [4.78, 5) is 8.84. The summed E-state index contributed by atoms with van der Waals surface area (Å²) in [5.74, 6) is 0.890. The SMILES string of the molecule is CC(F)CCc1ccc(-c2ncc(-c3ccc(O)cc3)cn2)cc1. The highest BCUT2D eigenvalue weighted by atomic mass is 19.1. The molecule has 0 spiro atoms. The topological polar surface area (TPSA) is 46.0 Å². The van der Waals surface area contributed by atoms with E-state index in [1.807, 2.05) is 36.4 Å². The lowest BCUT2D eigenvalue weighted by Crippen LogP contribution is -1.96. The van der Waals surface area contributed by atoms with Gasteiger partial charge in [0.25, 0.3) is 0 Å². The first-order chi connectivity index (χ1) is 11.6. The average molecular weight is 322 g/mol. The van der Waals surface area contributed by atoms with Crippen molar-refractivity contribution in [3.05, 3.63) is 66.5 Å². The van der Waals surface area contributed by atoms with Gasteiger partial charge in [0.2, 0.25) is 0 Å². The summed E-state index contributed by atoms with van der Waals surface area (Å²) >= 11 is 0. The Balaban J connectivity index is 1.74. The van der Waals surface area contributed by atoms with Gasteiger partial charge in [-0.3, -0.25) is 0 Å². The average Bonchev–Trinajstić information content (AvgIpc) is 2.61. The van der Waals surface area contributed by atoms with E-state index >= 15 is 0 Å². The molecular formula is C20H19FN2O. The van der Waals surface area contributed by atoms with Crippen molar-refractivity contribution in [2.45, 2.75) is 25.9 Å². The number of aryl methyl sites for hydroxylation is 1. The van der Waals surface area contributed by atoms with Gasteiger partial charge in [-0.05, 0) is 43.0 Å². The van der Waals surface area contributed by atoms with Gasteiger partial charge in [-0.2, -0.15) is 0 Å². The van der Waals surface area contributed by atoms with Crippen LogP contribution in [0.15, 0.2) is 60.9 Å². The third-order valence-electron chi connectivity index (χ3n) is 3.90. The predicted molar refractivity (Wildman–Crippen MR) is 93.5 cm³/mol. The van der Waals surface area contributed by atoms with Crippen LogP contribution >= 0.6 is 0 Å². The fraction of sp³-hybridized carbons (Fsp3) is 0.200. The molecule has 3 nitrogen and oxygen atoms in total. The summed E-state index contributed by atoms with van der Waals surface area (Å²) in [7, 11) is 0. The summed E-state index contributed by atoms with van der Waals surface area (Å²) in [5, 5.41) is 9.34. The zero-order valence-electron chi connectivity index (χ0n) is 13.5. The Labute approximate surface area is 140 Å². The van der Waals surface area contributed by atoms with Crippen LogP contribution in [0.1, 0.15) is 18.9 Å². The zero-order valence-corrected chi connectivity index (χ0v) is 13.5. The number of hydrogen-bond acceptors (Lipinski definition) is 3. The number of aromatic nitrogens is 2. The van der Waals surface area contributed by atoms with E-state index in [9.17, 15) is 9.50 Å². The fourth-order valence-electron chi connectivity index (χ4n) is 2.47. The standard InChI is InChI=1S/C20H19FN2O/c1-14(21)2-3-15-4-6-17(7-5-15)20-22-12-18(13-23-20)16-8-10-19(24)11-9-16/h4-14,24H,2-3H2,1H3. The fourth-order valence-corrected chi connectivity index (χ4v) is 2.47. The lowest BCUT2D eigenvalue weighted by molar-refractivity contribution is 0.341. The molecule has 0 radical (unpaired) electrons. The van der Waals surface area contributed by atoms with Crippen molar-refractivity contribution in [2.75, 3.05) is 0 Å². The van der Waals surface area contributed by atoms with Crippen LogP contribution in [0.2, 0.25) is 0 Å². The van der Waals surface area contributed by atoms with E-state index in [1.165, 1.54) is 0 Å². The van der Waals surface area contributed by atoms with Crippen molar-refractivity contribution in [1.29, 1.82) is 0 Å². The maximum atomic E-state index is 12.9. The smallest absolute Gasteiger partial charge is 0.159 e. The highest BCUT2D eigenvalue weighted by Crippen LogP contribution is 2.22. The van der Waals surface area contributed by atoms with Crippen molar-refractivity contribution in [2.24, 2.45) is 0 Å². The Morgan fingerprint density at radius 1 is 0.875 bits per heavy atom. The van der Waals surface area contributed by atoms with Crippen molar-refractivity contribution < 1.29 is 9.50 Å². The molecule has 3 aromatic rings. The number of hydrogen-bond donors (Lipinski definition) is 1. The molecule has 0 fully saturated rings. The molecule has 0 saturated heterocycles. The zero-order chi connectivity index (χ0) is 16.9. The number of aromatic hydroxyl groups is 1. The number of halogens is 1. The molecule has 0 aliphatic heterocycles. The Morgan fingerprint density at radius 3 is 2.04 bits per heavy atom. The van der Waals surface area contributed by atoms with Gasteiger partial charge in [-0.15, -0.1) is 0 Å². The van der Waals surface area contributed by atoms with Gasteiger partial charge in [-0.25, -0.2) is 14.4 Å². The van der Waals surface area contributed by atoms with Crippen LogP contribution in [0, 0.1) is 0 Å². The van der Waals surface area contributed by atoms with E-state index in [1.54, 1.807) is 31.5 Å². The van der Waals surface area contributed by atoms with Gasteiger partial charge in [0, 0.05) is 23.5 Å². The monoisotopic (exact) mass is 322 g/mol. The van der Waals surface area contributed by atoms with Gasteiger partial charge in [0.1, 0.15) is 5.75 Å². The predicted octanol–water partition coefficient (Wildman–Crippen LogP) is 4.81. The summed E-state index contributed by atoms with van der Waals surface area (Å²) in [6.07, 6.45) is 4.04. The first-order valence-electron chi connectivity index (χ1n) is 7.96. The number of alkyl halides is 1. The second-order valence-electron chi connectivity index (χ2n) is 5.86. The maximum absolute atomic E-state index is 12.9. The first-order valence-corrected chi connectivity index (χ1v) is 7.96. The van der Waals surface area contributed by atoms with Crippen molar-refractivity contribution in [3.8, 4) is 28.3 Å². The Hall–Kier alpha value is -2.75. The molecule has 1 unspecified atom stereocenters. The van der Waals surface area contributed by atoms with Crippen molar-refractivity contribution in [3.63, 3.8) is 0 Å². The Bertz CT molecular complexity index is 781. The molecular weight excluding hydrogens is 303 g/mol. The highest BCUT2D eigenvalue weighted by Gasteiger charge is 2.05. The molecule has 0 amide bonds. The number of benzene rings is 2. The number of phenols is 1. The highest BCUT2D eigenvalue weighted by molar-refractivity contribution is 5.64. The van der Waals surface area contributed by atoms with Gasteiger partial charge < -0.3 is 5.11 Å². The molecule has 2 aromatic carbocycles. The maximum Gasteiger partial charge on any atom is 0.159 e. The van der Waals surface area contributed by atoms with Gasteiger partial charge >= 0.3 is 0 Å². The molecule has 4 heteroatoms. The summed E-state index contributed by atoms with van der Waals surface area (Å²) < 4.78 is 12.9. The van der Waals surface area contributed by atoms with E-state index in [0.717, 1.165) is 28.7 Å². The minimum atomic E-state index is -0.777. The van der Waals surface area contributed by atoms with Gasteiger partial charge in [-0.1, -0.05) is 36.4 Å². The Kier molecular flexibility index (Phi) is 4.85. The number of nitrogens with zero attached hydrogens (tertiary/aromatic N) is 2. The molecule has 1 aromatic heterocycles. The van der Waals surface area contributed by atoms with Gasteiger partial charge in [0.05, 0.1) is 6.17 Å². The largest absolute Gasteiger partial charge is 0.508 e. The molecule has 1 N–H and O–H groups in total. The number of rotatable bonds is 5. The first kappa shape index (κ1) is 16.1. The Morgan fingerprint density at radius 2 is 1.46 bits per heavy atom. The summed E-state index contributed by atoms with van der Waals surface area (Å²) in [6.45, 7) is 1.58. The second-order valence-corrected chi connectivity index (χ2v) is 5.86. The van der Waals surface area contributed by atoms with Crippen LogP contribution in [0.4, 0.5) is 4.39 Å². The molecule has 122 valence electrons.